The summed E-state index contributed by atoms with van der Waals surface area (Å²) in [6.07, 6.45) is 6.43. The molecule has 2 N–H and O–H groups in total. The fourth-order valence-electron chi connectivity index (χ4n) is 6.42. The first kappa shape index (κ1) is 36.8. The zero-order chi connectivity index (χ0) is 34.3. The number of fused-ring (bicyclic) bond motifs is 1. The lowest BCUT2D eigenvalue weighted by molar-refractivity contribution is -0.120. The maximum Gasteiger partial charge on any atom is 0.258 e. The molecule has 1 fully saturated rings. The Kier molecular flexibility index (Phi) is 12.9. The van der Waals surface area contributed by atoms with Gasteiger partial charge in [0.25, 0.3) is 5.91 Å². The number of benzene rings is 1. The van der Waals surface area contributed by atoms with Crippen molar-refractivity contribution in [3.63, 3.8) is 0 Å². The summed E-state index contributed by atoms with van der Waals surface area (Å²) in [6, 6.07) is 4.60. The fraction of sp³-hybridized carbons (Fsp3) is 0.676. The van der Waals surface area contributed by atoms with Crippen LogP contribution in [0.15, 0.2) is 27.6 Å². The predicted octanol–water partition coefficient (Wildman–Crippen LogP) is 4.93. The number of carbonyl (C=O) groups is 2. The summed E-state index contributed by atoms with van der Waals surface area (Å²) in [4.78, 5) is 29.1. The van der Waals surface area contributed by atoms with E-state index >= 15 is 0 Å². The molecule has 12 nitrogen and oxygen atoms in total. The van der Waals surface area contributed by atoms with Gasteiger partial charge in [0.2, 0.25) is 15.9 Å². The Morgan fingerprint density at radius 3 is 2.49 bits per heavy atom. The summed E-state index contributed by atoms with van der Waals surface area (Å²) in [5, 5.41) is 17.1. The largest absolute Gasteiger partial charge is 0.490 e. The van der Waals surface area contributed by atoms with E-state index in [4.69, 9.17) is 14.0 Å². The molecule has 0 radical (unpaired) electrons. The molecule has 4 rings (SSSR count). The Morgan fingerprint density at radius 2 is 1.83 bits per heavy atom. The summed E-state index contributed by atoms with van der Waals surface area (Å²) < 4.78 is 46.1. The monoisotopic (exact) mass is 676 g/mol. The van der Waals surface area contributed by atoms with E-state index in [0.29, 0.717) is 30.0 Å². The summed E-state index contributed by atoms with van der Waals surface area (Å²) in [7, 11) is -2.43. The van der Waals surface area contributed by atoms with Crippen LogP contribution < -0.4 is 10.1 Å². The molecule has 2 aliphatic rings. The zero-order valence-electron chi connectivity index (χ0n) is 28.7. The second kappa shape index (κ2) is 16.4. The number of aliphatic hydroxyl groups is 1. The standard InChI is InChI=1S/C34H52N4O8S/c1-22-19-38(23(2)21-39)34(41)29-18-28(35-33(40)27-13-8-7-9-14-27)15-16-30(29)45-24(3)12-10-11-17-44-31(22)20-37(6)47(42,43)32-25(4)36-46-26(32)5/h15-16,18,22-24,27,31,39H,7-14,17,19-21H2,1-6H3,(H,35,40)/t22-,23+,24+,31+/m0/s1. The molecule has 0 saturated heterocycles. The number of nitrogens with zero attached hydrogens (tertiary/aromatic N) is 3. The van der Waals surface area contributed by atoms with E-state index in [1.54, 1.807) is 43.9 Å². The summed E-state index contributed by atoms with van der Waals surface area (Å²) >= 11 is 0. The topological polar surface area (TPSA) is 152 Å². The van der Waals surface area contributed by atoms with Crippen molar-refractivity contribution in [2.24, 2.45) is 11.8 Å². The molecule has 47 heavy (non-hydrogen) atoms. The summed E-state index contributed by atoms with van der Waals surface area (Å²) in [6.45, 7) is 9.12. The summed E-state index contributed by atoms with van der Waals surface area (Å²) in [5.41, 5.74) is 1.09. The Morgan fingerprint density at radius 1 is 1.13 bits per heavy atom. The van der Waals surface area contributed by atoms with E-state index in [2.05, 4.69) is 10.5 Å². The Balaban J connectivity index is 1.64. The molecule has 1 aromatic carbocycles. The lowest BCUT2D eigenvalue weighted by atomic mass is 9.88. The second-order valence-electron chi connectivity index (χ2n) is 13.3. The Labute approximate surface area is 279 Å². The van der Waals surface area contributed by atoms with Crippen LogP contribution in [0.3, 0.4) is 0 Å². The maximum atomic E-state index is 14.4. The highest BCUT2D eigenvalue weighted by atomic mass is 32.2. The van der Waals surface area contributed by atoms with Crippen molar-refractivity contribution in [2.45, 2.75) is 109 Å². The van der Waals surface area contributed by atoms with E-state index in [1.165, 1.54) is 11.4 Å². The molecule has 0 spiro atoms. The van der Waals surface area contributed by atoms with Crippen LogP contribution in [0.25, 0.3) is 0 Å². The lowest BCUT2D eigenvalue weighted by Gasteiger charge is -2.35. The van der Waals surface area contributed by atoms with Gasteiger partial charge in [0.15, 0.2) is 5.76 Å². The highest BCUT2D eigenvalue weighted by Gasteiger charge is 2.34. The van der Waals surface area contributed by atoms with Gasteiger partial charge in [0, 0.05) is 44.3 Å². The van der Waals surface area contributed by atoms with E-state index in [-0.39, 0.29) is 65.8 Å². The van der Waals surface area contributed by atoms with Gasteiger partial charge in [-0.05, 0) is 78.0 Å². The molecule has 0 bridgehead atoms. The van der Waals surface area contributed by atoms with Gasteiger partial charge in [-0.25, -0.2) is 8.42 Å². The number of carbonyl (C=O) groups excluding carboxylic acids is 2. The number of hydrogen-bond donors (Lipinski definition) is 2. The van der Waals surface area contributed by atoms with Gasteiger partial charge in [-0.1, -0.05) is 31.3 Å². The average Bonchev–Trinajstić information content (AvgIpc) is 3.40. The minimum atomic E-state index is -3.93. The van der Waals surface area contributed by atoms with Gasteiger partial charge < -0.3 is 29.3 Å². The van der Waals surface area contributed by atoms with E-state index in [0.717, 1.165) is 44.9 Å². The SMILES string of the molecule is Cc1noc(C)c1S(=O)(=O)N(C)C[C@H]1OCCCC[C@@H](C)Oc2ccc(NC(=O)C3CCCCC3)cc2C(=O)N([C@H](C)CO)C[C@@H]1C. The van der Waals surface area contributed by atoms with E-state index < -0.39 is 22.2 Å². The molecule has 1 aromatic heterocycles. The van der Waals surface area contributed by atoms with Gasteiger partial charge in [-0.2, -0.15) is 4.31 Å². The average molecular weight is 677 g/mol. The van der Waals surface area contributed by atoms with Gasteiger partial charge in [0.05, 0.1) is 30.4 Å². The van der Waals surface area contributed by atoms with Crippen molar-refractivity contribution in [3.8, 4) is 5.75 Å². The highest BCUT2D eigenvalue weighted by molar-refractivity contribution is 7.89. The zero-order valence-corrected chi connectivity index (χ0v) is 29.5. The van der Waals surface area contributed by atoms with E-state index in [9.17, 15) is 23.1 Å². The van der Waals surface area contributed by atoms with Crippen LogP contribution in [0.1, 0.15) is 93.9 Å². The molecular weight excluding hydrogens is 624 g/mol. The third-order valence-corrected chi connectivity index (χ3v) is 11.4. The molecule has 1 saturated carbocycles. The molecule has 0 unspecified atom stereocenters. The van der Waals surface area contributed by atoms with Crippen LogP contribution in [0.4, 0.5) is 5.69 Å². The molecule has 262 valence electrons. The number of aliphatic hydroxyl groups excluding tert-OH is 1. The third-order valence-electron chi connectivity index (χ3n) is 9.37. The smallest absolute Gasteiger partial charge is 0.258 e. The molecule has 1 aliphatic carbocycles. The van der Waals surface area contributed by atoms with Crippen molar-refractivity contribution >= 4 is 27.5 Å². The summed E-state index contributed by atoms with van der Waals surface area (Å²) in [5.74, 6) is -0.148. The number of hydrogen-bond acceptors (Lipinski definition) is 9. The number of amides is 2. The van der Waals surface area contributed by atoms with Crippen molar-refractivity contribution in [1.29, 1.82) is 0 Å². The van der Waals surface area contributed by atoms with E-state index in [1.807, 2.05) is 13.8 Å². The van der Waals surface area contributed by atoms with Crippen molar-refractivity contribution in [1.82, 2.24) is 14.4 Å². The number of aromatic nitrogens is 1. The minimum absolute atomic E-state index is 0.0382. The third kappa shape index (κ3) is 9.13. The van der Waals surface area contributed by atoms with Crippen LogP contribution in [-0.4, -0.2) is 91.3 Å². The number of anilines is 1. The second-order valence-corrected chi connectivity index (χ2v) is 15.3. The van der Waals surface area contributed by atoms with Crippen LogP contribution in [0.2, 0.25) is 0 Å². The quantitative estimate of drug-likeness (QED) is 0.397. The first-order valence-electron chi connectivity index (χ1n) is 16.9. The van der Waals surface area contributed by atoms with Crippen LogP contribution in [0, 0.1) is 25.7 Å². The van der Waals surface area contributed by atoms with Gasteiger partial charge in [-0.3, -0.25) is 9.59 Å². The maximum absolute atomic E-state index is 14.4. The van der Waals surface area contributed by atoms with Gasteiger partial charge in [0.1, 0.15) is 16.3 Å². The number of rotatable bonds is 8. The molecule has 2 amide bonds. The molecule has 1 aliphatic heterocycles. The number of ether oxygens (including phenoxy) is 2. The predicted molar refractivity (Wildman–Crippen MR) is 178 cm³/mol. The molecule has 2 heterocycles. The molecular formula is C34H52N4O8S. The molecule has 13 heteroatoms. The minimum Gasteiger partial charge on any atom is -0.490 e. The number of sulfonamides is 1. The highest BCUT2D eigenvalue weighted by Crippen LogP contribution is 2.31. The molecule has 4 atom stereocenters. The van der Waals surface area contributed by atoms with Crippen molar-refractivity contribution in [2.75, 3.05) is 38.7 Å². The molecule has 2 aromatic rings. The number of likely N-dealkylation sites (N-methyl/N-ethyl adjacent to an activating group) is 1. The van der Waals surface area contributed by atoms with Gasteiger partial charge in [-0.15, -0.1) is 0 Å². The lowest BCUT2D eigenvalue weighted by Crippen LogP contribution is -2.48. The normalized spacial score (nSPS) is 23.1. The number of nitrogens with one attached hydrogen (secondary N) is 1. The fourth-order valence-corrected chi connectivity index (χ4v) is 7.89. The first-order chi connectivity index (χ1) is 22.3. The van der Waals surface area contributed by atoms with Crippen LogP contribution in [0.5, 0.6) is 5.75 Å². The van der Waals surface area contributed by atoms with Crippen molar-refractivity contribution < 1.29 is 37.1 Å². The van der Waals surface area contributed by atoms with Crippen molar-refractivity contribution in [3.05, 3.63) is 35.2 Å². The Hall–Kier alpha value is -3.00. The number of aryl methyl sites for hydroxylation is 2. The van der Waals surface area contributed by atoms with Crippen LogP contribution >= 0.6 is 0 Å². The Bertz CT molecular complexity index is 1450. The first-order valence-corrected chi connectivity index (χ1v) is 18.3. The van der Waals surface area contributed by atoms with Gasteiger partial charge >= 0.3 is 0 Å². The van der Waals surface area contributed by atoms with Crippen LogP contribution in [-0.2, 0) is 19.6 Å².